The molecule has 10 heteroatoms. The molecule has 1 fully saturated rings. The zero-order valence-electron chi connectivity index (χ0n) is 19.8. The number of ketones is 1. The molecule has 4 rings (SSSR count). The molecule has 0 radical (unpaired) electrons. The number of aromatic nitrogens is 4. The average Bonchev–Trinajstić information content (AvgIpc) is 3.48. The lowest BCUT2D eigenvalue weighted by molar-refractivity contribution is -0.117. The van der Waals surface area contributed by atoms with Crippen molar-refractivity contribution in [1.82, 2.24) is 25.1 Å². The van der Waals surface area contributed by atoms with Gasteiger partial charge in [0, 0.05) is 31.8 Å². The summed E-state index contributed by atoms with van der Waals surface area (Å²) in [6, 6.07) is 7.45. The van der Waals surface area contributed by atoms with E-state index in [2.05, 4.69) is 31.0 Å². The number of benzene rings is 1. The standard InChI is InChI=1S/C24H29N7O3/c1-5-20(32)16-12-26-21(29-24(33)15-10-18(15)25-6-2)11-19(16)28-17-9-7-8-14(22(17)34-4)23-27-13-31(3)30-23/h7-9,11-13,15,18,25H,5-6,10H2,1-4H3,(H2,26,28,29,33)/t15-,18+/m1/s1. The minimum Gasteiger partial charge on any atom is -0.494 e. The number of nitrogens with zero attached hydrogens (tertiary/aromatic N) is 4. The van der Waals surface area contributed by atoms with Crippen molar-refractivity contribution in [3.63, 3.8) is 0 Å². The molecule has 10 nitrogen and oxygen atoms in total. The van der Waals surface area contributed by atoms with E-state index in [-0.39, 0.29) is 23.7 Å². The maximum Gasteiger partial charge on any atom is 0.230 e. The van der Waals surface area contributed by atoms with Crippen LogP contribution < -0.4 is 20.7 Å². The van der Waals surface area contributed by atoms with E-state index in [0.29, 0.717) is 46.3 Å². The van der Waals surface area contributed by atoms with Gasteiger partial charge in [0.05, 0.1) is 35.5 Å². The van der Waals surface area contributed by atoms with Crippen molar-refractivity contribution in [1.29, 1.82) is 0 Å². The summed E-state index contributed by atoms with van der Waals surface area (Å²) in [5.41, 5.74) is 2.30. The monoisotopic (exact) mass is 463 g/mol. The number of pyridine rings is 1. The third-order valence-corrected chi connectivity index (χ3v) is 5.70. The minimum absolute atomic E-state index is 0.0659. The molecule has 2 atom stereocenters. The van der Waals surface area contributed by atoms with Crippen LogP contribution in [-0.2, 0) is 11.8 Å². The Kier molecular flexibility index (Phi) is 6.87. The Labute approximate surface area is 198 Å². The molecule has 34 heavy (non-hydrogen) atoms. The van der Waals surface area contributed by atoms with E-state index in [0.717, 1.165) is 13.0 Å². The average molecular weight is 464 g/mol. The number of amides is 1. The van der Waals surface area contributed by atoms with E-state index in [1.807, 2.05) is 25.1 Å². The quantitative estimate of drug-likeness (QED) is 0.392. The smallest absolute Gasteiger partial charge is 0.230 e. The fourth-order valence-electron chi connectivity index (χ4n) is 3.87. The molecule has 1 aromatic carbocycles. The van der Waals surface area contributed by atoms with Crippen molar-refractivity contribution >= 4 is 28.9 Å². The maximum atomic E-state index is 12.6. The van der Waals surface area contributed by atoms with E-state index in [1.54, 1.807) is 38.2 Å². The van der Waals surface area contributed by atoms with Gasteiger partial charge in [-0.3, -0.25) is 14.3 Å². The molecule has 2 heterocycles. The molecular weight excluding hydrogens is 434 g/mol. The van der Waals surface area contributed by atoms with Crippen molar-refractivity contribution in [2.75, 3.05) is 24.3 Å². The van der Waals surface area contributed by atoms with E-state index < -0.39 is 0 Å². The predicted molar refractivity (Wildman–Crippen MR) is 129 cm³/mol. The fraction of sp³-hybridized carbons (Fsp3) is 0.375. The zero-order chi connectivity index (χ0) is 24.2. The van der Waals surface area contributed by atoms with Gasteiger partial charge >= 0.3 is 0 Å². The van der Waals surface area contributed by atoms with E-state index in [4.69, 9.17) is 4.74 Å². The molecular formula is C24H29N7O3. The number of rotatable bonds is 10. The molecule has 1 aliphatic carbocycles. The van der Waals surface area contributed by atoms with Crippen LogP contribution in [0.15, 0.2) is 36.8 Å². The first-order valence-electron chi connectivity index (χ1n) is 11.3. The molecule has 3 N–H and O–H groups in total. The topological polar surface area (TPSA) is 123 Å². The first-order valence-corrected chi connectivity index (χ1v) is 11.3. The van der Waals surface area contributed by atoms with Gasteiger partial charge in [0.2, 0.25) is 5.91 Å². The van der Waals surface area contributed by atoms with Gasteiger partial charge < -0.3 is 20.7 Å². The van der Waals surface area contributed by atoms with Gasteiger partial charge in [-0.15, -0.1) is 0 Å². The van der Waals surface area contributed by atoms with Crippen LogP contribution >= 0.6 is 0 Å². The van der Waals surface area contributed by atoms with Gasteiger partial charge in [0.15, 0.2) is 17.4 Å². The van der Waals surface area contributed by atoms with Gasteiger partial charge in [-0.25, -0.2) is 9.97 Å². The summed E-state index contributed by atoms with van der Waals surface area (Å²) in [6.07, 6.45) is 4.24. The lowest BCUT2D eigenvalue weighted by atomic mass is 10.1. The highest BCUT2D eigenvalue weighted by Gasteiger charge is 2.42. The molecule has 1 aliphatic rings. The predicted octanol–water partition coefficient (Wildman–Crippen LogP) is 3.16. The van der Waals surface area contributed by atoms with Crippen LogP contribution in [0.2, 0.25) is 0 Å². The number of anilines is 3. The molecule has 2 aromatic heterocycles. The molecule has 1 saturated carbocycles. The highest BCUT2D eigenvalue weighted by Crippen LogP contribution is 2.37. The first kappa shape index (κ1) is 23.4. The SMILES string of the molecule is CCN[C@H]1C[C@H]1C(=O)Nc1cc(Nc2cccc(-c3ncn(C)n3)c2OC)c(C(=O)CC)cn1. The van der Waals surface area contributed by atoms with Crippen LogP contribution in [0.25, 0.3) is 11.4 Å². The van der Waals surface area contributed by atoms with Crippen molar-refractivity contribution in [2.24, 2.45) is 13.0 Å². The van der Waals surface area contributed by atoms with Crippen LogP contribution in [0.1, 0.15) is 37.0 Å². The van der Waals surface area contributed by atoms with Crippen LogP contribution in [0, 0.1) is 5.92 Å². The Morgan fingerprint density at radius 2 is 2.03 bits per heavy atom. The second-order valence-electron chi connectivity index (χ2n) is 8.14. The summed E-state index contributed by atoms with van der Waals surface area (Å²) in [6.45, 7) is 4.64. The Balaban J connectivity index is 1.64. The van der Waals surface area contributed by atoms with Gasteiger partial charge in [0.25, 0.3) is 0 Å². The summed E-state index contributed by atoms with van der Waals surface area (Å²) in [7, 11) is 3.36. The third-order valence-electron chi connectivity index (χ3n) is 5.70. The maximum absolute atomic E-state index is 12.6. The normalized spacial score (nSPS) is 16.7. The second kappa shape index (κ2) is 10.0. The molecule has 0 unspecified atom stereocenters. The van der Waals surface area contributed by atoms with Crippen LogP contribution in [0.3, 0.4) is 0 Å². The van der Waals surface area contributed by atoms with Crippen LogP contribution in [-0.4, -0.2) is 51.1 Å². The molecule has 178 valence electrons. The number of carbonyl (C=O) groups excluding carboxylic acids is 2. The number of para-hydroxylation sites is 1. The van der Waals surface area contributed by atoms with Crippen molar-refractivity contribution < 1.29 is 14.3 Å². The van der Waals surface area contributed by atoms with Crippen LogP contribution in [0.5, 0.6) is 5.75 Å². The van der Waals surface area contributed by atoms with Gasteiger partial charge in [-0.2, -0.15) is 5.10 Å². The highest BCUT2D eigenvalue weighted by atomic mass is 16.5. The van der Waals surface area contributed by atoms with E-state index >= 15 is 0 Å². The number of aryl methyl sites for hydroxylation is 1. The summed E-state index contributed by atoms with van der Waals surface area (Å²) in [5.74, 6) is 1.22. The number of ether oxygens (including phenoxy) is 1. The molecule has 0 aliphatic heterocycles. The molecule has 0 bridgehead atoms. The zero-order valence-corrected chi connectivity index (χ0v) is 19.8. The number of carbonyl (C=O) groups is 2. The highest BCUT2D eigenvalue weighted by molar-refractivity contribution is 6.03. The summed E-state index contributed by atoms with van der Waals surface area (Å²) in [4.78, 5) is 33.8. The third kappa shape index (κ3) is 4.91. The second-order valence-corrected chi connectivity index (χ2v) is 8.14. The molecule has 0 spiro atoms. The van der Waals surface area contributed by atoms with E-state index in [1.165, 1.54) is 6.20 Å². The van der Waals surface area contributed by atoms with Crippen molar-refractivity contribution in [3.05, 3.63) is 42.4 Å². The van der Waals surface area contributed by atoms with Gasteiger partial charge in [-0.05, 0) is 25.1 Å². The van der Waals surface area contributed by atoms with Crippen molar-refractivity contribution in [3.8, 4) is 17.1 Å². The lowest BCUT2D eigenvalue weighted by Gasteiger charge is -2.17. The molecule has 3 aromatic rings. The van der Waals surface area contributed by atoms with Gasteiger partial charge in [-0.1, -0.05) is 19.9 Å². The Morgan fingerprint density at radius 1 is 1.21 bits per heavy atom. The summed E-state index contributed by atoms with van der Waals surface area (Å²) < 4.78 is 7.30. The number of Topliss-reactive ketones (excluding diaryl/α,β-unsaturated/α-hetero) is 1. The molecule has 1 amide bonds. The number of hydrogen-bond donors (Lipinski definition) is 3. The largest absolute Gasteiger partial charge is 0.494 e. The Hall–Kier alpha value is -3.79. The number of methoxy groups -OCH3 is 1. The Morgan fingerprint density at radius 3 is 2.71 bits per heavy atom. The van der Waals surface area contributed by atoms with E-state index in [9.17, 15) is 9.59 Å². The first-order chi connectivity index (χ1) is 16.4. The minimum atomic E-state index is -0.0835. The summed E-state index contributed by atoms with van der Waals surface area (Å²) >= 11 is 0. The fourth-order valence-corrected chi connectivity index (χ4v) is 3.87. The number of hydrogen-bond acceptors (Lipinski definition) is 8. The van der Waals surface area contributed by atoms with Crippen LogP contribution in [0.4, 0.5) is 17.2 Å². The molecule has 0 saturated heterocycles. The number of nitrogens with one attached hydrogen (secondary N) is 3. The lowest BCUT2D eigenvalue weighted by Crippen LogP contribution is -2.23. The van der Waals surface area contributed by atoms with Gasteiger partial charge in [0.1, 0.15) is 12.1 Å². The van der Waals surface area contributed by atoms with Crippen molar-refractivity contribution in [2.45, 2.75) is 32.7 Å². The summed E-state index contributed by atoms with van der Waals surface area (Å²) in [5, 5.41) is 13.8. The Bertz CT molecular complexity index is 1210.